The van der Waals surface area contributed by atoms with Crippen molar-refractivity contribution >= 4 is 15.7 Å². The van der Waals surface area contributed by atoms with Gasteiger partial charge in [0.1, 0.15) is 5.75 Å². The molecular formula is C21H24N4O4S. The lowest BCUT2D eigenvalue weighted by Crippen LogP contribution is -2.27. The van der Waals surface area contributed by atoms with E-state index < -0.39 is 9.84 Å². The fraction of sp³-hybridized carbons (Fsp3) is 0.333. The first-order valence-electron chi connectivity index (χ1n) is 9.78. The van der Waals surface area contributed by atoms with Gasteiger partial charge in [0.25, 0.3) is 5.91 Å². The van der Waals surface area contributed by atoms with Crippen LogP contribution in [-0.2, 0) is 16.4 Å². The fourth-order valence-electron chi connectivity index (χ4n) is 3.64. The molecule has 1 aromatic carbocycles. The molecule has 0 radical (unpaired) electrons. The highest BCUT2D eigenvalue weighted by Crippen LogP contribution is 2.31. The minimum atomic E-state index is -3.09. The average molecular weight is 429 g/mol. The van der Waals surface area contributed by atoms with Crippen molar-refractivity contribution in [2.75, 3.05) is 25.2 Å². The largest absolute Gasteiger partial charge is 0.497 e. The van der Waals surface area contributed by atoms with E-state index in [1.54, 1.807) is 17.9 Å². The topological polar surface area (TPSA) is 95.2 Å². The van der Waals surface area contributed by atoms with Crippen LogP contribution in [0.4, 0.5) is 0 Å². The lowest BCUT2D eigenvalue weighted by atomic mass is 10.1. The number of sulfone groups is 1. The molecule has 3 aromatic rings. The molecule has 1 N–H and O–H groups in total. The van der Waals surface area contributed by atoms with Crippen LogP contribution in [0.15, 0.2) is 54.9 Å². The summed E-state index contributed by atoms with van der Waals surface area (Å²) in [5.74, 6) is 0.609. The van der Waals surface area contributed by atoms with Crippen molar-refractivity contribution in [1.29, 1.82) is 0 Å². The van der Waals surface area contributed by atoms with Crippen molar-refractivity contribution in [3.05, 3.63) is 60.6 Å². The zero-order valence-corrected chi connectivity index (χ0v) is 17.5. The molecule has 1 aliphatic heterocycles. The summed E-state index contributed by atoms with van der Waals surface area (Å²) in [6.07, 6.45) is 4.36. The Hall–Kier alpha value is -3.07. The van der Waals surface area contributed by atoms with Crippen LogP contribution in [0.5, 0.6) is 5.75 Å². The minimum Gasteiger partial charge on any atom is -0.497 e. The Balaban J connectivity index is 1.58. The van der Waals surface area contributed by atoms with Crippen LogP contribution < -0.4 is 10.1 Å². The van der Waals surface area contributed by atoms with Crippen LogP contribution in [0.1, 0.15) is 23.0 Å². The second kappa shape index (κ2) is 8.35. The lowest BCUT2D eigenvalue weighted by Gasteiger charge is -2.13. The highest BCUT2D eigenvalue weighted by Gasteiger charge is 2.32. The number of nitrogens with one attached hydrogen (secondary N) is 1. The zero-order chi connectivity index (χ0) is 21.1. The number of ether oxygens (including phenoxy) is 1. The van der Waals surface area contributed by atoms with Crippen molar-refractivity contribution in [3.8, 4) is 17.0 Å². The number of rotatable bonds is 7. The number of aromatic nitrogens is 3. The molecule has 0 bridgehead atoms. The molecule has 1 aliphatic rings. The van der Waals surface area contributed by atoms with Crippen molar-refractivity contribution in [3.63, 3.8) is 0 Å². The molecule has 9 heteroatoms. The van der Waals surface area contributed by atoms with E-state index in [1.807, 2.05) is 53.4 Å². The molecule has 0 spiro atoms. The maximum Gasteiger partial charge on any atom is 0.271 e. The van der Waals surface area contributed by atoms with Crippen LogP contribution in [0, 0.1) is 0 Å². The van der Waals surface area contributed by atoms with E-state index in [9.17, 15) is 13.2 Å². The number of benzene rings is 1. The third kappa shape index (κ3) is 4.40. The van der Waals surface area contributed by atoms with Gasteiger partial charge in [0, 0.05) is 31.0 Å². The Labute approximate surface area is 175 Å². The van der Waals surface area contributed by atoms with Gasteiger partial charge in [0.15, 0.2) is 15.5 Å². The van der Waals surface area contributed by atoms with Crippen molar-refractivity contribution in [2.24, 2.45) is 0 Å². The monoisotopic (exact) mass is 428 g/mol. The third-order valence-electron chi connectivity index (χ3n) is 5.23. The van der Waals surface area contributed by atoms with Crippen LogP contribution in [0.3, 0.4) is 0 Å². The Morgan fingerprint density at radius 2 is 1.97 bits per heavy atom. The summed E-state index contributed by atoms with van der Waals surface area (Å²) >= 11 is 0. The fourth-order valence-corrected chi connectivity index (χ4v) is 5.33. The lowest BCUT2D eigenvalue weighted by molar-refractivity contribution is 0.0946. The number of hydrogen-bond donors (Lipinski definition) is 1. The molecule has 1 fully saturated rings. The molecule has 0 saturated carbocycles. The summed E-state index contributed by atoms with van der Waals surface area (Å²) in [5, 5.41) is 7.37. The highest BCUT2D eigenvalue weighted by atomic mass is 32.2. The number of hydrogen-bond acceptors (Lipinski definition) is 5. The quantitative estimate of drug-likeness (QED) is 0.622. The summed E-state index contributed by atoms with van der Waals surface area (Å²) in [6, 6.07) is 12.7. The summed E-state index contributed by atoms with van der Waals surface area (Å²) in [6.45, 7) is 1.13. The van der Waals surface area contributed by atoms with Crippen LogP contribution in [0.2, 0.25) is 0 Å². The average Bonchev–Trinajstić information content (AvgIpc) is 3.47. The van der Waals surface area contributed by atoms with Gasteiger partial charge in [-0.3, -0.25) is 9.48 Å². The molecule has 30 heavy (non-hydrogen) atoms. The van der Waals surface area contributed by atoms with E-state index in [1.165, 1.54) is 0 Å². The Bertz CT molecular complexity index is 1120. The SMILES string of the molecule is COc1ccc(-c2cc(C(=O)NCCn3cccc3)nn2[C@H]2CCS(=O)(=O)C2)cc1. The number of amides is 1. The van der Waals surface area contributed by atoms with Crippen molar-refractivity contribution in [1.82, 2.24) is 19.7 Å². The van der Waals surface area contributed by atoms with Crippen molar-refractivity contribution < 1.29 is 17.9 Å². The van der Waals surface area contributed by atoms with Crippen molar-refractivity contribution in [2.45, 2.75) is 19.0 Å². The van der Waals surface area contributed by atoms with E-state index in [0.29, 0.717) is 19.5 Å². The summed E-state index contributed by atoms with van der Waals surface area (Å²) in [5.41, 5.74) is 1.84. The zero-order valence-electron chi connectivity index (χ0n) is 16.7. The maximum absolute atomic E-state index is 12.7. The molecule has 3 heterocycles. The first-order valence-corrected chi connectivity index (χ1v) is 11.6. The standard InChI is InChI=1S/C21H24N4O4S/c1-29-18-6-4-16(5-7-18)20-14-19(21(26)22-9-12-24-10-2-3-11-24)23-25(20)17-8-13-30(27,28)15-17/h2-7,10-11,14,17H,8-9,12-13,15H2,1H3,(H,22,26)/t17-/m0/s1. The molecule has 1 saturated heterocycles. The second-order valence-electron chi connectivity index (χ2n) is 7.32. The first kappa shape index (κ1) is 20.2. The van der Waals surface area contributed by atoms with Gasteiger partial charge in [-0.2, -0.15) is 5.10 Å². The normalized spacial score (nSPS) is 17.7. The number of methoxy groups -OCH3 is 1. The van der Waals surface area contributed by atoms with Gasteiger partial charge in [-0.15, -0.1) is 0 Å². The van der Waals surface area contributed by atoms with Gasteiger partial charge in [-0.1, -0.05) is 0 Å². The second-order valence-corrected chi connectivity index (χ2v) is 9.55. The summed E-state index contributed by atoms with van der Waals surface area (Å²) in [7, 11) is -1.49. The van der Waals surface area contributed by atoms with E-state index in [-0.39, 0.29) is 29.1 Å². The number of carbonyl (C=O) groups is 1. The van der Waals surface area contributed by atoms with Crippen LogP contribution in [-0.4, -0.2) is 53.8 Å². The molecule has 8 nitrogen and oxygen atoms in total. The molecule has 0 unspecified atom stereocenters. The van der Waals surface area contributed by atoms with Crippen LogP contribution >= 0.6 is 0 Å². The Morgan fingerprint density at radius 3 is 2.60 bits per heavy atom. The number of nitrogens with zero attached hydrogens (tertiary/aromatic N) is 3. The Morgan fingerprint density at radius 1 is 1.23 bits per heavy atom. The third-order valence-corrected chi connectivity index (χ3v) is 6.98. The molecule has 1 amide bonds. The van der Waals surface area contributed by atoms with Gasteiger partial charge in [0.2, 0.25) is 0 Å². The van der Waals surface area contributed by atoms with Gasteiger partial charge in [0.05, 0.1) is 30.4 Å². The van der Waals surface area contributed by atoms with E-state index in [4.69, 9.17) is 4.74 Å². The number of carbonyl (C=O) groups excluding carboxylic acids is 1. The molecule has 158 valence electrons. The predicted octanol–water partition coefficient (Wildman–Crippen LogP) is 2.15. The van der Waals surface area contributed by atoms with Gasteiger partial charge < -0.3 is 14.6 Å². The summed E-state index contributed by atoms with van der Waals surface area (Å²) in [4.78, 5) is 12.7. The summed E-state index contributed by atoms with van der Waals surface area (Å²) < 4.78 is 32.9. The predicted molar refractivity (Wildman–Crippen MR) is 113 cm³/mol. The Kier molecular flexibility index (Phi) is 5.63. The van der Waals surface area contributed by atoms with Gasteiger partial charge in [-0.05, 0) is 48.9 Å². The molecule has 4 rings (SSSR count). The molecule has 2 aromatic heterocycles. The maximum atomic E-state index is 12.7. The van der Waals surface area contributed by atoms with E-state index in [0.717, 1.165) is 17.0 Å². The first-order chi connectivity index (χ1) is 14.4. The van der Waals surface area contributed by atoms with Gasteiger partial charge >= 0.3 is 0 Å². The minimum absolute atomic E-state index is 0.0342. The highest BCUT2D eigenvalue weighted by molar-refractivity contribution is 7.91. The van der Waals surface area contributed by atoms with E-state index >= 15 is 0 Å². The molecular weight excluding hydrogens is 404 g/mol. The molecule has 0 aliphatic carbocycles. The molecule has 1 atom stereocenters. The van der Waals surface area contributed by atoms with Gasteiger partial charge in [-0.25, -0.2) is 8.42 Å². The van der Waals surface area contributed by atoms with Crippen LogP contribution in [0.25, 0.3) is 11.3 Å². The van der Waals surface area contributed by atoms with E-state index in [2.05, 4.69) is 10.4 Å². The smallest absolute Gasteiger partial charge is 0.271 e.